The Morgan fingerprint density at radius 2 is 2.33 bits per heavy atom. The number of fused-ring (bicyclic) bond motifs is 1. The van der Waals surface area contributed by atoms with Gasteiger partial charge in [-0.1, -0.05) is 17.5 Å². The largest absolute Gasteiger partial charge is 0.391 e. The number of halogens is 2. The molecule has 2 aromatic rings. The fraction of sp³-hybridized carbons (Fsp3) is 0.429. The molecule has 8 nitrogen and oxygen atoms in total. The topological polar surface area (TPSA) is 126 Å². The fourth-order valence-electron chi connectivity index (χ4n) is 2.81. The molecule has 10 heteroatoms. The number of rotatable bonds is 2. The van der Waals surface area contributed by atoms with Gasteiger partial charge in [0, 0.05) is 11.6 Å². The number of nitrogens with two attached hydrogens (primary N) is 1. The SMILES string of the molecule is C[C@H](O)[C@H]1O[C@@H](n2ccc3c(=O)[nH]c(N)nc32)C(Cl)(C#CCl)C1O. The summed E-state index contributed by atoms with van der Waals surface area (Å²) in [6.45, 7) is 1.45. The molecule has 0 saturated carbocycles. The summed E-state index contributed by atoms with van der Waals surface area (Å²) >= 11 is 12.0. The van der Waals surface area contributed by atoms with E-state index in [2.05, 4.69) is 21.3 Å². The van der Waals surface area contributed by atoms with Crippen LogP contribution < -0.4 is 11.3 Å². The molecule has 0 aromatic carbocycles. The van der Waals surface area contributed by atoms with Gasteiger partial charge in [0.2, 0.25) is 5.95 Å². The molecule has 24 heavy (non-hydrogen) atoms. The van der Waals surface area contributed by atoms with Crippen molar-refractivity contribution >= 4 is 40.2 Å². The van der Waals surface area contributed by atoms with Gasteiger partial charge in [0.1, 0.15) is 12.2 Å². The monoisotopic (exact) mass is 372 g/mol. The third kappa shape index (κ3) is 2.46. The van der Waals surface area contributed by atoms with Crippen LogP contribution in [0.1, 0.15) is 13.2 Å². The molecule has 1 aliphatic rings. The van der Waals surface area contributed by atoms with Crippen LogP contribution in [-0.4, -0.2) is 47.9 Å². The third-order valence-electron chi connectivity index (χ3n) is 3.95. The van der Waals surface area contributed by atoms with Crippen molar-refractivity contribution in [3.63, 3.8) is 0 Å². The van der Waals surface area contributed by atoms with Gasteiger partial charge >= 0.3 is 0 Å². The minimum atomic E-state index is -1.64. The summed E-state index contributed by atoms with van der Waals surface area (Å²) in [6, 6.07) is 1.51. The van der Waals surface area contributed by atoms with Gasteiger partial charge in [0.15, 0.2) is 16.7 Å². The summed E-state index contributed by atoms with van der Waals surface area (Å²) in [7, 11) is 0. The number of nitrogens with zero attached hydrogens (tertiary/aromatic N) is 2. The molecule has 2 aromatic heterocycles. The van der Waals surface area contributed by atoms with Crippen molar-refractivity contribution in [2.24, 2.45) is 0 Å². The highest BCUT2D eigenvalue weighted by Gasteiger charge is 2.57. The van der Waals surface area contributed by atoms with Gasteiger partial charge in [0.05, 0.1) is 11.5 Å². The molecule has 5 N–H and O–H groups in total. The Balaban J connectivity index is 2.20. The van der Waals surface area contributed by atoms with Crippen molar-refractivity contribution in [3.8, 4) is 11.3 Å². The highest BCUT2D eigenvalue weighted by atomic mass is 35.5. The Kier molecular flexibility index (Phi) is 4.23. The van der Waals surface area contributed by atoms with Crippen molar-refractivity contribution in [3.05, 3.63) is 22.6 Å². The highest BCUT2D eigenvalue weighted by molar-refractivity contribution is 6.32. The van der Waals surface area contributed by atoms with E-state index in [1.54, 1.807) is 0 Å². The number of H-pyrrole nitrogens is 1. The van der Waals surface area contributed by atoms with Crippen molar-refractivity contribution in [2.45, 2.75) is 36.3 Å². The summed E-state index contributed by atoms with van der Waals surface area (Å²) < 4.78 is 7.14. The van der Waals surface area contributed by atoms with Crippen LogP contribution in [-0.2, 0) is 4.74 Å². The number of hydrogen-bond donors (Lipinski definition) is 4. The molecular weight excluding hydrogens is 359 g/mol. The Bertz CT molecular complexity index is 900. The number of aromatic nitrogens is 3. The quantitative estimate of drug-likeness (QED) is 0.438. The van der Waals surface area contributed by atoms with Gasteiger partial charge in [-0.2, -0.15) is 4.98 Å². The number of aromatic amines is 1. The Morgan fingerprint density at radius 1 is 1.62 bits per heavy atom. The first kappa shape index (κ1) is 17.1. The van der Waals surface area contributed by atoms with E-state index in [0.29, 0.717) is 0 Å². The molecule has 0 bridgehead atoms. The van der Waals surface area contributed by atoms with E-state index < -0.39 is 35.0 Å². The van der Waals surface area contributed by atoms with Gasteiger partial charge in [-0.25, -0.2) is 0 Å². The molecule has 3 heterocycles. The van der Waals surface area contributed by atoms with E-state index in [4.69, 9.17) is 33.7 Å². The van der Waals surface area contributed by atoms with Crippen molar-refractivity contribution in [1.29, 1.82) is 0 Å². The van der Waals surface area contributed by atoms with E-state index in [1.165, 1.54) is 23.8 Å². The number of alkyl halides is 1. The van der Waals surface area contributed by atoms with Gasteiger partial charge in [-0.15, -0.1) is 0 Å². The second-order valence-corrected chi connectivity index (χ2v) is 6.35. The standard InChI is InChI=1S/C14H14Cl2N4O4/c1-6(21)8-9(22)14(16,3-4-15)12(24-8)20-5-2-7-10(20)18-13(17)19-11(7)23/h2,5-6,8-9,12,21-22H,1H3,(H3,17,18,19,23)/t6-,8+,9?,12+,14?/m0/s1. The summed E-state index contributed by atoms with van der Waals surface area (Å²) in [5.74, 6) is 2.43. The van der Waals surface area contributed by atoms with Crippen molar-refractivity contribution in [2.75, 3.05) is 5.73 Å². The summed E-state index contributed by atoms with van der Waals surface area (Å²) in [5.41, 5.74) is 5.37. The van der Waals surface area contributed by atoms with Crippen LogP contribution >= 0.6 is 23.2 Å². The average Bonchev–Trinajstić information content (AvgIpc) is 3.00. The van der Waals surface area contributed by atoms with E-state index in [0.717, 1.165) is 0 Å². The molecule has 128 valence electrons. The van der Waals surface area contributed by atoms with E-state index in [-0.39, 0.29) is 17.0 Å². The van der Waals surface area contributed by atoms with E-state index >= 15 is 0 Å². The number of aliphatic hydroxyl groups excluding tert-OH is 2. The maximum Gasteiger partial charge on any atom is 0.261 e. The van der Waals surface area contributed by atoms with Gasteiger partial charge in [-0.3, -0.25) is 9.78 Å². The maximum absolute atomic E-state index is 12.0. The number of nitrogen functional groups attached to an aromatic ring is 1. The maximum atomic E-state index is 12.0. The molecular formula is C14H14Cl2N4O4. The lowest BCUT2D eigenvalue weighted by molar-refractivity contribution is -0.0751. The third-order valence-corrected chi connectivity index (χ3v) is 4.55. The average molecular weight is 373 g/mol. The number of nitrogens with one attached hydrogen (secondary N) is 1. The zero-order valence-electron chi connectivity index (χ0n) is 12.4. The lowest BCUT2D eigenvalue weighted by Crippen LogP contribution is -2.43. The first-order valence-electron chi connectivity index (χ1n) is 6.99. The molecule has 1 fully saturated rings. The molecule has 3 rings (SSSR count). The minimum absolute atomic E-state index is 0.0818. The molecule has 2 unspecified atom stereocenters. The Labute approximate surface area is 146 Å². The molecule has 0 aliphatic carbocycles. The van der Waals surface area contributed by atoms with Crippen molar-refractivity contribution < 1.29 is 14.9 Å². The van der Waals surface area contributed by atoms with Gasteiger partial charge in [0.25, 0.3) is 5.56 Å². The normalized spacial score (nSPS) is 31.0. The summed E-state index contributed by atoms with van der Waals surface area (Å²) in [5, 5.41) is 22.7. The number of hydrogen-bond acceptors (Lipinski definition) is 6. The number of aliphatic hydroxyl groups is 2. The summed E-state index contributed by atoms with van der Waals surface area (Å²) in [6.07, 6.45) is -2.87. The first-order chi connectivity index (χ1) is 11.3. The smallest absolute Gasteiger partial charge is 0.261 e. The molecule has 1 saturated heterocycles. The van der Waals surface area contributed by atoms with Crippen LogP contribution in [0.2, 0.25) is 0 Å². The molecule has 0 amide bonds. The Hall–Kier alpha value is -1.76. The van der Waals surface area contributed by atoms with E-state index in [9.17, 15) is 15.0 Å². The lowest BCUT2D eigenvalue weighted by Gasteiger charge is -2.25. The predicted molar refractivity (Wildman–Crippen MR) is 88.6 cm³/mol. The van der Waals surface area contributed by atoms with Gasteiger partial charge < -0.3 is 25.3 Å². The van der Waals surface area contributed by atoms with Crippen LogP contribution in [0.25, 0.3) is 11.0 Å². The zero-order chi connectivity index (χ0) is 17.6. The Morgan fingerprint density at radius 3 is 2.96 bits per heavy atom. The van der Waals surface area contributed by atoms with Crippen LogP contribution in [0.5, 0.6) is 0 Å². The van der Waals surface area contributed by atoms with Crippen LogP contribution in [0.3, 0.4) is 0 Å². The van der Waals surface area contributed by atoms with Gasteiger partial charge in [-0.05, 0) is 24.6 Å². The molecule has 0 radical (unpaired) electrons. The number of ether oxygens (including phenoxy) is 1. The van der Waals surface area contributed by atoms with Crippen LogP contribution in [0.15, 0.2) is 17.1 Å². The van der Waals surface area contributed by atoms with Crippen molar-refractivity contribution in [1.82, 2.24) is 14.5 Å². The second-order valence-electron chi connectivity index (χ2n) is 5.54. The zero-order valence-corrected chi connectivity index (χ0v) is 13.9. The predicted octanol–water partition coefficient (Wildman–Crippen LogP) is 0.123. The summed E-state index contributed by atoms with van der Waals surface area (Å²) in [4.78, 5) is 16.8. The lowest BCUT2D eigenvalue weighted by atomic mass is 9.97. The second kappa shape index (κ2) is 5.95. The van der Waals surface area contributed by atoms with Crippen LogP contribution in [0.4, 0.5) is 5.95 Å². The number of anilines is 1. The molecule has 0 spiro atoms. The minimum Gasteiger partial charge on any atom is -0.391 e. The molecule has 5 atom stereocenters. The molecule has 1 aliphatic heterocycles. The first-order valence-corrected chi connectivity index (χ1v) is 7.75. The fourth-order valence-corrected chi connectivity index (χ4v) is 3.34. The van der Waals surface area contributed by atoms with E-state index in [1.807, 2.05) is 0 Å². The highest BCUT2D eigenvalue weighted by Crippen LogP contribution is 2.45. The van der Waals surface area contributed by atoms with Crippen LogP contribution in [0, 0.1) is 11.3 Å².